The van der Waals surface area contributed by atoms with E-state index >= 15 is 0 Å². The summed E-state index contributed by atoms with van der Waals surface area (Å²) in [6, 6.07) is 12.9. The van der Waals surface area contributed by atoms with Crippen molar-refractivity contribution in [2.24, 2.45) is 0 Å². The Hall–Kier alpha value is -3.73. The van der Waals surface area contributed by atoms with E-state index in [1.54, 1.807) is 12.1 Å². The lowest BCUT2D eigenvalue weighted by atomic mass is 10.2. The first kappa shape index (κ1) is 18.6. The summed E-state index contributed by atoms with van der Waals surface area (Å²) in [5.74, 6) is -2.40. The monoisotopic (exact) mass is 355 g/mol. The summed E-state index contributed by atoms with van der Waals surface area (Å²) in [6.07, 6.45) is 0. The predicted molar refractivity (Wildman–Crippen MR) is 89.5 cm³/mol. The van der Waals surface area contributed by atoms with Crippen molar-refractivity contribution in [2.45, 2.75) is 0 Å². The number of nitriles is 1. The summed E-state index contributed by atoms with van der Waals surface area (Å²) in [7, 11) is 0. The number of carbonyl (C=O) groups excluding carboxylic acids is 3. The third-order valence-electron chi connectivity index (χ3n) is 3.16. The molecule has 8 heteroatoms. The van der Waals surface area contributed by atoms with Gasteiger partial charge in [0.15, 0.2) is 6.61 Å². The van der Waals surface area contributed by atoms with Crippen molar-refractivity contribution in [1.29, 1.82) is 5.26 Å². The maximum atomic E-state index is 12.8. The number of anilines is 1. The van der Waals surface area contributed by atoms with Gasteiger partial charge in [-0.3, -0.25) is 14.4 Å². The highest BCUT2D eigenvalue weighted by Crippen LogP contribution is 2.08. The topological polar surface area (TPSA) is 108 Å². The van der Waals surface area contributed by atoms with Gasteiger partial charge in [0.25, 0.3) is 11.8 Å². The number of esters is 1. The first-order valence-corrected chi connectivity index (χ1v) is 7.47. The van der Waals surface area contributed by atoms with Crippen LogP contribution in [0.15, 0.2) is 48.5 Å². The lowest BCUT2D eigenvalue weighted by Crippen LogP contribution is -2.32. The van der Waals surface area contributed by atoms with Gasteiger partial charge >= 0.3 is 5.97 Å². The second kappa shape index (κ2) is 8.94. The molecule has 2 N–H and O–H groups in total. The fraction of sp³-hybridized carbons (Fsp3) is 0.111. The molecule has 26 heavy (non-hydrogen) atoms. The lowest BCUT2D eigenvalue weighted by molar-refractivity contribution is -0.146. The molecule has 2 amide bonds. The number of hydrogen-bond donors (Lipinski definition) is 2. The van der Waals surface area contributed by atoms with E-state index in [4.69, 9.17) is 10.00 Å². The molecule has 0 aliphatic rings. The zero-order chi connectivity index (χ0) is 18.9. The molecule has 0 saturated carbocycles. The number of halogens is 1. The number of amides is 2. The van der Waals surface area contributed by atoms with Crippen LogP contribution in [0.1, 0.15) is 15.9 Å². The van der Waals surface area contributed by atoms with Gasteiger partial charge in [0.2, 0.25) is 0 Å². The third kappa shape index (κ3) is 5.72. The minimum absolute atomic E-state index is 0.192. The van der Waals surface area contributed by atoms with Gasteiger partial charge in [0.1, 0.15) is 12.4 Å². The van der Waals surface area contributed by atoms with Crippen LogP contribution >= 0.6 is 0 Å². The van der Waals surface area contributed by atoms with Crippen molar-refractivity contribution >= 4 is 23.5 Å². The molecule has 0 saturated heterocycles. The molecular weight excluding hydrogens is 341 g/mol. The van der Waals surface area contributed by atoms with Crippen LogP contribution in [0.4, 0.5) is 10.1 Å². The third-order valence-corrected chi connectivity index (χ3v) is 3.16. The first-order valence-electron chi connectivity index (χ1n) is 7.47. The van der Waals surface area contributed by atoms with E-state index in [-0.39, 0.29) is 5.56 Å². The number of nitrogens with zero attached hydrogens (tertiary/aromatic N) is 1. The quantitative estimate of drug-likeness (QED) is 0.765. The van der Waals surface area contributed by atoms with Gasteiger partial charge in [-0.1, -0.05) is 0 Å². The van der Waals surface area contributed by atoms with Gasteiger partial charge in [-0.05, 0) is 48.5 Å². The summed E-state index contributed by atoms with van der Waals surface area (Å²) in [6.45, 7) is -0.953. The molecule has 132 valence electrons. The molecule has 0 fully saturated rings. The molecular formula is C18H14FN3O4. The number of rotatable bonds is 6. The maximum Gasteiger partial charge on any atom is 0.325 e. The van der Waals surface area contributed by atoms with E-state index in [1.807, 2.05) is 6.07 Å². The molecule has 0 aliphatic carbocycles. The van der Waals surface area contributed by atoms with Crippen LogP contribution in [0, 0.1) is 17.1 Å². The Morgan fingerprint density at radius 3 is 2.31 bits per heavy atom. The van der Waals surface area contributed by atoms with Crippen molar-refractivity contribution in [2.75, 3.05) is 18.5 Å². The average molecular weight is 355 g/mol. The normalized spacial score (nSPS) is 9.69. The zero-order valence-corrected chi connectivity index (χ0v) is 13.5. The Labute approximate surface area is 148 Å². The molecule has 0 unspecified atom stereocenters. The summed E-state index contributed by atoms with van der Waals surface area (Å²) in [4.78, 5) is 35.0. The lowest BCUT2D eigenvalue weighted by Gasteiger charge is -2.08. The van der Waals surface area contributed by atoms with E-state index in [0.717, 1.165) is 12.1 Å². The standard InChI is InChI=1S/C18H14FN3O4/c19-14-5-3-13(4-6-14)18(25)21-10-17(24)26-11-16(23)22-15-7-1-12(9-20)2-8-15/h1-8H,10-11H2,(H,21,25)(H,22,23). The Morgan fingerprint density at radius 1 is 1.04 bits per heavy atom. The summed E-state index contributed by atoms with van der Waals surface area (Å²) < 4.78 is 17.5. The largest absolute Gasteiger partial charge is 0.454 e. The van der Waals surface area contributed by atoms with Crippen molar-refractivity contribution in [1.82, 2.24) is 5.32 Å². The molecule has 0 heterocycles. The van der Waals surface area contributed by atoms with Gasteiger partial charge in [0, 0.05) is 11.3 Å². The van der Waals surface area contributed by atoms with Crippen LogP contribution in [0.2, 0.25) is 0 Å². The van der Waals surface area contributed by atoms with E-state index in [9.17, 15) is 18.8 Å². The highest BCUT2D eigenvalue weighted by Gasteiger charge is 2.11. The number of nitrogens with one attached hydrogen (secondary N) is 2. The van der Waals surface area contributed by atoms with Crippen LogP contribution in [0.25, 0.3) is 0 Å². The predicted octanol–water partition coefficient (Wildman–Crippen LogP) is 1.61. The molecule has 2 rings (SSSR count). The van der Waals surface area contributed by atoms with Crippen molar-refractivity contribution in [3.05, 3.63) is 65.5 Å². The van der Waals surface area contributed by atoms with Crippen LogP contribution in [-0.2, 0) is 14.3 Å². The van der Waals surface area contributed by atoms with Crippen LogP contribution in [-0.4, -0.2) is 30.9 Å². The Morgan fingerprint density at radius 2 is 1.69 bits per heavy atom. The Kier molecular flexibility index (Phi) is 6.40. The van der Waals surface area contributed by atoms with Crippen molar-refractivity contribution in [3.8, 4) is 6.07 Å². The molecule has 0 atom stereocenters. The van der Waals surface area contributed by atoms with Crippen LogP contribution in [0.3, 0.4) is 0 Å². The van der Waals surface area contributed by atoms with Gasteiger partial charge in [-0.2, -0.15) is 5.26 Å². The number of carbonyl (C=O) groups is 3. The molecule has 0 radical (unpaired) electrons. The van der Waals surface area contributed by atoms with Gasteiger partial charge in [-0.15, -0.1) is 0 Å². The average Bonchev–Trinajstić information content (AvgIpc) is 2.65. The fourth-order valence-electron chi connectivity index (χ4n) is 1.88. The number of hydrogen-bond acceptors (Lipinski definition) is 5. The van der Waals surface area contributed by atoms with Gasteiger partial charge in [0.05, 0.1) is 11.6 Å². The van der Waals surface area contributed by atoms with Gasteiger partial charge < -0.3 is 15.4 Å². The smallest absolute Gasteiger partial charge is 0.325 e. The van der Waals surface area contributed by atoms with Crippen LogP contribution in [0.5, 0.6) is 0 Å². The second-order valence-corrected chi connectivity index (χ2v) is 5.09. The molecule has 0 bridgehead atoms. The molecule has 0 aliphatic heterocycles. The maximum absolute atomic E-state index is 12.8. The van der Waals surface area contributed by atoms with E-state index in [2.05, 4.69) is 10.6 Å². The molecule has 2 aromatic rings. The highest BCUT2D eigenvalue weighted by molar-refractivity contribution is 5.96. The number of ether oxygens (including phenoxy) is 1. The minimum Gasteiger partial charge on any atom is -0.454 e. The van der Waals surface area contributed by atoms with E-state index in [1.165, 1.54) is 24.3 Å². The SMILES string of the molecule is N#Cc1ccc(NC(=O)COC(=O)CNC(=O)c2ccc(F)cc2)cc1. The highest BCUT2D eigenvalue weighted by atomic mass is 19.1. The van der Waals surface area contributed by atoms with Crippen molar-refractivity contribution < 1.29 is 23.5 Å². The minimum atomic E-state index is -0.796. The number of benzene rings is 2. The van der Waals surface area contributed by atoms with E-state index in [0.29, 0.717) is 11.3 Å². The Bertz CT molecular complexity index is 842. The molecule has 7 nitrogen and oxygen atoms in total. The summed E-state index contributed by atoms with van der Waals surface area (Å²) in [5, 5.41) is 13.5. The van der Waals surface area contributed by atoms with Crippen molar-refractivity contribution in [3.63, 3.8) is 0 Å². The first-order chi connectivity index (χ1) is 12.5. The summed E-state index contributed by atoms with van der Waals surface area (Å²) in [5.41, 5.74) is 1.10. The molecule has 2 aromatic carbocycles. The molecule has 0 aromatic heterocycles. The fourth-order valence-corrected chi connectivity index (χ4v) is 1.88. The zero-order valence-electron chi connectivity index (χ0n) is 13.5. The second-order valence-electron chi connectivity index (χ2n) is 5.09. The molecule has 0 spiro atoms. The summed E-state index contributed by atoms with van der Waals surface area (Å²) >= 11 is 0. The van der Waals surface area contributed by atoms with Gasteiger partial charge in [-0.25, -0.2) is 4.39 Å². The van der Waals surface area contributed by atoms with E-state index < -0.39 is 36.8 Å². The Balaban J connectivity index is 1.72. The van der Waals surface area contributed by atoms with Crippen LogP contribution < -0.4 is 10.6 Å².